The fraction of sp³-hybridized carbons (Fsp3) is 0.500. The van der Waals surface area contributed by atoms with Crippen molar-refractivity contribution in [3.63, 3.8) is 0 Å². The predicted molar refractivity (Wildman–Crippen MR) is 67.0 cm³/mol. The summed E-state index contributed by atoms with van der Waals surface area (Å²) in [6.07, 6.45) is 0.555. The monoisotopic (exact) mass is 290 g/mol. The standard InChI is InChI=1S/C10H15BrN2OS/c1-12-4-3-10(14)13(2)6-9-5-8(11)7-15-9/h5,7,12H,3-4,6H2,1-2H3. The number of carbonyl (C=O) groups excluding carboxylic acids is 1. The molecule has 0 atom stereocenters. The molecule has 84 valence electrons. The topological polar surface area (TPSA) is 32.3 Å². The van der Waals surface area contributed by atoms with Crippen LogP contribution in [0.5, 0.6) is 0 Å². The molecule has 0 saturated carbocycles. The molecule has 0 spiro atoms. The van der Waals surface area contributed by atoms with Gasteiger partial charge in [0, 0.05) is 34.7 Å². The summed E-state index contributed by atoms with van der Waals surface area (Å²) in [5, 5.41) is 5.00. The summed E-state index contributed by atoms with van der Waals surface area (Å²) in [6.45, 7) is 1.43. The Morgan fingerprint density at radius 1 is 1.67 bits per heavy atom. The highest BCUT2D eigenvalue weighted by molar-refractivity contribution is 9.10. The predicted octanol–water partition coefficient (Wildman–Crippen LogP) is 2.08. The van der Waals surface area contributed by atoms with E-state index in [4.69, 9.17) is 0 Å². The summed E-state index contributed by atoms with van der Waals surface area (Å²) in [5.74, 6) is 0.175. The van der Waals surface area contributed by atoms with E-state index in [1.807, 2.05) is 25.5 Å². The zero-order chi connectivity index (χ0) is 11.3. The normalized spacial score (nSPS) is 10.3. The van der Waals surface area contributed by atoms with Crippen LogP contribution in [0.25, 0.3) is 0 Å². The molecule has 15 heavy (non-hydrogen) atoms. The van der Waals surface area contributed by atoms with Gasteiger partial charge in [-0.25, -0.2) is 0 Å². The molecule has 3 nitrogen and oxygen atoms in total. The van der Waals surface area contributed by atoms with Crippen molar-refractivity contribution < 1.29 is 4.79 Å². The average Bonchev–Trinajstić information content (AvgIpc) is 2.60. The molecule has 0 bridgehead atoms. The largest absolute Gasteiger partial charge is 0.341 e. The van der Waals surface area contributed by atoms with Crippen LogP contribution in [0.1, 0.15) is 11.3 Å². The first kappa shape index (κ1) is 12.7. The molecule has 0 aliphatic heterocycles. The van der Waals surface area contributed by atoms with E-state index in [-0.39, 0.29) is 5.91 Å². The van der Waals surface area contributed by atoms with Gasteiger partial charge in [-0.3, -0.25) is 4.79 Å². The first-order chi connectivity index (χ1) is 7.13. The summed E-state index contributed by atoms with van der Waals surface area (Å²) >= 11 is 5.06. The van der Waals surface area contributed by atoms with Crippen LogP contribution in [-0.2, 0) is 11.3 Å². The Bertz CT molecular complexity index is 327. The highest BCUT2D eigenvalue weighted by atomic mass is 79.9. The van der Waals surface area contributed by atoms with Crippen LogP contribution in [0, 0.1) is 0 Å². The van der Waals surface area contributed by atoms with Gasteiger partial charge in [-0.2, -0.15) is 0 Å². The molecule has 1 aromatic rings. The minimum Gasteiger partial charge on any atom is -0.341 e. The highest BCUT2D eigenvalue weighted by Crippen LogP contribution is 2.20. The molecule has 0 aliphatic carbocycles. The quantitative estimate of drug-likeness (QED) is 0.901. The van der Waals surface area contributed by atoms with E-state index < -0.39 is 0 Å². The minimum atomic E-state index is 0.175. The van der Waals surface area contributed by atoms with Crippen molar-refractivity contribution in [2.45, 2.75) is 13.0 Å². The molecule has 1 amide bonds. The van der Waals surface area contributed by atoms with Gasteiger partial charge in [0.15, 0.2) is 0 Å². The Labute approximate surface area is 103 Å². The number of halogens is 1. The van der Waals surface area contributed by atoms with Gasteiger partial charge < -0.3 is 10.2 Å². The molecule has 1 rings (SSSR count). The van der Waals surface area contributed by atoms with Crippen LogP contribution in [-0.4, -0.2) is 31.4 Å². The van der Waals surface area contributed by atoms with Crippen molar-refractivity contribution in [3.05, 3.63) is 20.8 Å². The summed E-state index contributed by atoms with van der Waals surface area (Å²) < 4.78 is 1.08. The van der Waals surface area contributed by atoms with Gasteiger partial charge in [-0.15, -0.1) is 11.3 Å². The van der Waals surface area contributed by atoms with Gasteiger partial charge in [0.2, 0.25) is 5.91 Å². The maximum absolute atomic E-state index is 11.6. The Balaban J connectivity index is 2.41. The van der Waals surface area contributed by atoms with Gasteiger partial charge in [-0.05, 0) is 29.0 Å². The zero-order valence-corrected chi connectivity index (χ0v) is 11.3. The zero-order valence-electron chi connectivity index (χ0n) is 8.92. The summed E-state index contributed by atoms with van der Waals surface area (Å²) in [5.41, 5.74) is 0. The average molecular weight is 291 g/mol. The lowest BCUT2D eigenvalue weighted by atomic mass is 10.3. The maximum atomic E-state index is 11.6. The molecule has 0 aliphatic rings. The fourth-order valence-electron chi connectivity index (χ4n) is 1.18. The molecular formula is C10H15BrN2OS. The summed E-state index contributed by atoms with van der Waals surface area (Å²) in [6, 6.07) is 2.05. The van der Waals surface area contributed by atoms with Crippen LogP contribution >= 0.6 is 27.3 Å². The van der Waals surface area contributed by atoms with E-state index in [1.54, 1.807) is 16.2 Å². The van der Waals surface area contributed by atoms with Gasteiger partial charge >= 0.3 is 0 Å². The van der Waals surface area contributed by atoms with Gasteiger partial charge in [0.05, 0.1) is 6.54 Å². The first-order valence-electron chi connectivity index (χ1n) is 4.75. The molecule has 0 aromatic carbocycles. The molecule has 1 heterocycles. The number of hydrogen-bond donors (Lipinski definition) is 1. The number of nitrogens with one attached hydrogen (secondary N) is 1. The highest BCUT2D eigenvalue weighted by Gasteiger charge is 2.09. The molecule has 5 heteroatoms. The Morgan fingerprint density at radius 3 is 2.93 bits per heavy atom. The SMILES string of the molecule is CNCCC(=O)N(C)Cc1cc(Br)cs1. The molecule has 0 fully saturated rings. The van der Waals surface area contributed by atoms with Crippen LogP contribution in [0.4, 0.5) is 0 Å². The first-order valence-corrected chi connectivity index (χ1v) is 6.42. The van der Waals surface area contributed by atoms with Crippen LogP contribution in [0.15, 0.2) is 15.9 Å². The summed E-state index contributed by atoms with van der Waals surface area (Å²) in [4.78, 5) is 14.5. The third-order valence-corrected chi connectivity index (χ3v) is 3.71. The van der Waals surface area contributed by atoms with Crippen molar-refractivity contribution in [1.29, 1.82) is 0 Å². The van der Waals surface area contributed by atoms with E-state index in [1.165, 1.54) is 4.88 Å². The molecule has 0 saturated heterocycles. The number of amides is 1. The second-order valence-corrected chi connectivity index (χ2v) is 5.25. The second-order valence-electron chi connectivity index (χ2n) is 3.33. The van der Waals surface area contributed by atoms with E-state index in [2.05, 4.69) is 21.2 Å². The lowest BCUT2D eigenvalue weighted by Crippen LogP contribution is -2.28. The number of nitrogens with zero attached hydrogens (tertiary/aromatic N) is 1. The Morgan fingerprint density at radius 2 is 2.40 bits per heavy atom. The van der Waals surface area contributed by atoms with Crippen molar-refractivity contribution in [1.82, 2.24) is 10.2 Å². The number of carbonyl (C=O) groups is 1. The van der Waals surface area contributed by atoms with Crippen molar-refractivity contribution >= 4 is 33.2 Å². The third kappa shape index (κ3) is 4.32. The molecular weight excluding hydrogens is 276 g/mol. The summed E-state index contributed by atoms with van der Waals surface area (Å²) in [7, 11) is 3.69. The lowest BCUT2D eigenvalue weighted by molar-refractivity contribution is -0.130. The number of rotatable bonds is 5. The maximum Gasteiger partial charge on any atom is 0.223 e. The van der Waals surface area contributed by atoms with E-state index >= 15 is 0 Å². The number of thiophene rings is 1. The van der Waals surface area contributed by atoms with E-state index in [0.29, 0.717) is 13.0 Å². The van der Waals surface area contributed by atoms with Crippen LogP contribution in [0.3, 0.4) is 0 Å². The van der Waals surface area contributed by atoms with Crippen LogP contribution in [0.2, 0.25) is 0 Å². The molecule has 0 unspecified atom stereocenters. The minimum absolute atomic E-state index is 0.175. The van der Waals surface area contributed by atoms with Gasteiger partial charge in [0.1, 0.15) is 0 Å². The smallest absolute Gasteiger partial charge is 0.223 e. The molecule has 0 radical (unpaired) electrons. The molecule has 1 aromatic heterocycles. The Kier molecular flexibility index (Phi) is 5.28. The number of hydrogen-bond acceptors (Lipinski definition) is 3. The third-order valence-electron chi connectivity index (χ3n) is 2.03. The van der Waals surface area contributed by atoms with Crippen molar-refractivity contribution in [2.75, 3.05) is 20.6 Å². The molecule has 1 N–H and O–H groups in total. The Hall–Kier alpha value is -0.390. The van der Waals surface area contributed by atoms with Crippen molar-refractivity contribution in [3.8, 4) is 0 Å². The van der Waals surface area contributed by atoms with E-state index in [9.17, 15) is 4.79 Å². The van der Waals surface area contributed by atoms with E-state index in [0.717, 1.165) is 11.0 Å². The van der Waals surface area contributed by atoms with Crippen LogP contribution < -0.4 is 5.32 Å². The lowest BCUT2D eigenvalue weighted by Gasteiger charge is -2.15. The van der Waals surface area contributed by atoms with Gasteiger partial charge in [0.25, 0.3) is 0 Å². The fourth-order valence-corrected chi connectivity index (χ4v) is 2.68. The second kappa shape index (κ2) is 6.25. The van der Waals surface area contributed by atoms with Crippen molar-refractivity contribution in [2.24, 2.45) is 0 Å². The van der Waals surface area contributed by atoms with Gasteiger partial charge in [-0.1, -0.05) is 0 Å².